The Kier molecular flexibility index (Phi) is 6.85. The Morgan fingerprint density at radius 1 is 1.10 bits per heavy atom. The molecule has 1 heterocycles. The largest absolute Gasteiger partial charge is 0.495 e. The van der Waals surface area contributed by atoms with Gasteiger partial charge in [0.05, 0.1) is 18.6 Å². The van der Waals surface area contributed by atoms with E-state index in [0.29, 0.717) is 27.8 Å². The molecule has 150 valence electrons. The van der Waals surface area contributed by atoms with E-state index in [0.717, 1.165) is 6.54 Å². The maximum absolute atomic E-state index is 12.4. The number of aromatic nitrogens is 3. The summed E-state index contributed by atoms with van der Waals surface area (Å²) < 4.78 is 7.10. The average Bonchev–Trinajstić information content (AvgIpc) is 3.21. The smallest absolute Gasteiger partial charge is 0.255 e. The lowest BCUT2D eigenvalue weighted by atomic mass is 10.2. The predicted molar refractivity (Wildman–Crippen MR) is 112 cm³/mol. The van der Waals surface area contributed by atoms with Gasteiger partial charge in [0.2, 0.25) is 5.91 Å². The van der Waals surface area contributed by atoms with Crippen molar-refractivity contribution >= 4 is 35.0 Å². The molecule has 29 heavy (non-hydrogen) atoms. The molecule has 3 aromatic rings. The van der Waals surface area contributed by atoms with Gasteiger partial charge in [0.15, 0.2) is 5.16 Å². The molecule has 0 bridgehead atoms. The molecule has 0 unspecified atom stereocenters. The number of hydrogen-bond donors (Lipinski definition) is 2. The molecule has 1 aromatic heterocycles. The molecular weight excluding hydrogens is 390 g/mol. The Hall–Kier alpha value is -3.33. The molecule has 0 radical (unpaired) electrons. The number of carbonyl (C=O) groups is 2. The zero-order valence-corrected chi connectivity index (χ0v) is 16.9. The second-order valence-electron chi connectivity index (χ2n) is 5.97. The summed E-state index contributed by atoms with van der Waals surface area (Å²) in [7, 11) is 1.55. The Balaban J connectivity index is 1.55. The quantitative estimate of drug-likeness (QED) is 0.552. The second kappa shape index (κ2) is 9.74. The topological polar surface area (TPSA) is 98.1 Å². The van der Waals surface area contributed by atoms with Crippen molar-refractivity contribution in [2.24, 2.45) is 0 Å². The van der Waals surface area contributed by atoms with E-state index in [1.54, 1.807) is 49.8 Å². The van der Waals surface area contributed by atoms with Crippen LogP contribution in [0, 0.1) is 0 Å². The summed E-state index contributed by atoms with van der Waals surface area (Å²) in [5, 5.41) is 14.1. The van der Waals surface area contributed by atoms with Crippen LogP contribution in [0.4, 0.5) is 11.4 Å². The fraction of sp³-hybridized carbons (Fsp3) is 0.200. The minimum atomic E-state index is -0.262. The highest BCUT2D eigenvalue weighted by Gasteiger charge is 2.11. The van der Waals surface area contributed by atoms with Crippen molar-refractivity contribution in [3.8, 4) is 5.75 Å². The van der Waals surface area contributed by atoms with E-state index in [-0.39, 0.29) is 17.6 Å². The van der Waals surface area contributed by atoms with Gasteiger partial charge in [0.1, 0.15) is 12.1 Å². The number of nitrogens with one attached hydrogen (secondary N) is 2. The highest BCUT2D eigenvalue weighted by molar-refractivity contribution is 7.99. The number of carbonyl (C=O) groups excluding carboxylic acids is 2. The number of anilines is 2. The summed E-state index contributed by atoms with van der Waals surface area (Å²) >= 11 is 1.32. The van der Waals surface area contributed by atoms with Crippen LogP contribution in [0.15, 0.2) is 60.0 Å². The number of amides is 2. The van der Waals surface area contributed by atoms with E-state index >= 15 is 0 Å². The molecule has 0 atom stereocenters. The summed E-state index contributed by atoms with van der Waals surface area (Å²) in [6, 6.07) is 13.9. The summed E-state index contributed by atoms with van der Waals surface area (Å²) in [4.78, 5) is 24.6. The van der Waals surface area contributed by atoms with Crippen LogP contribution in [0.2, 0.25) is 0 Å². The van der Waals surface area contributed by atoms with Crippen molar-refractivity contribution < 1.29 is 14.3 Å². The maximum Gasteiger partial charge on any atom is 0.255 e. The molecule has 0 aliphatic carbocycles. The van der Waals surface area contributed by atoms with Crippen molar-refractivity contribution in [3.05, 3.63) is 60.4 Å². The number of para-hydroxylation sites is 2. The standard InChI is InChI=1S/C20H21N5O3S/c1-3-25-13-21-24-20(25)29-12-18(26)22-15-10-8-14(9-11-15)19(27)23-16-6-4-5-7-17(16)28-2/h4-11,13H,3,12H2,1-2H3,(H,22,26)(H,23,27). The number of nitrogens with zero attached hydrogens (tertiary/aromatic N) is 3. The van der Waals surface area contributed by atoms with E-state index in [9.17, 15) is 9.59 Å². The molecule has 0 spiro atoms. The zero-order valence-electron chi connectivity index (χ0n) is 16.1. The highest BCUT2D eigenvalue weighted by atomic mass is 32.2. The van der Waals surface area contributed by atoms with Crippen molar-refractivity contribution in [1.29, 1.82) is 0 Å². The summed E-state index contributed by atoms with van der Waals surface area (Å²) in [6.45, 7) is 2.73. The number of methoxy groups -OCH3 is 1. The van der Waals surface area contributed by atoms with Gasteiger partial charge in [-0.1, -0.05) is 23.9 Å². The number of aryl methyl sites for hydroxylation is 1. The molecule has 3 rings (SSSR count). The number of hydrogen-bond acceptors (Lipinski definition) is 6. The van der Waals surface area contributed by atoms with Crippen molar-refractivity contribution in [2.75, 3.05) is 23.5 Å². The third-order valence-corrected chi connectivity index (χ3v) is 5.02. The first-order valence-electron chi connectivity index (χ1n) is 8.95. The van der Waals surface area contributed by atoms with Gasteiger partial charge in [0, 0.05) is 17.8 Å². The summed E-state index contributed by atoms with van der Waals surface area (Å²) in [6.07, 6.45) is 1.63. The molecule has 0 aliphatic rings. The number of thioether (sulfide) groups is 1. The van der Waals surface area contributed by atoms with E-state index in [1.807, 2.05) is 23.6 Å². The van der Waals surface area contributed by atoms with Gasteiger partial charge in [-0.3, -0.25) is 9.59 Å². The first-order valence-corrected chi connectivity index (χ1v) is 9.94. The number of ether oxygens (including phenoxy) is 1. The van der Waals surface area contributed by atoms with Crippen LogP contribution in [-0.4, -0.2) is 39.4 Å². The summed E-state index contributed by atoms with van der Waals surface area (Å²) in [5.41, 5.74) is 1.68. The molecule has 0 fully saturated rings. The van der Waals surface area contributed by atoms with Crippen LogP contribution in [0.5, 0.6) is 5.75 Å². The third kappa shape index (κ3) is 5.35. The minimum Gasteiger partial charge on any atom is -0.495 e. The molecule has 8 nitrogen and oxygen atoms in total. The fourth-order valence-electron chi connectivity index (χ4n) is 2.55. The van der Waals surface area contributed by atoms with Gasteiger partial charge in [-0.2, -0.15) is 0 Å². The average molecular weight is 411 g/mol. The van der Waals surface area contributed by atoms with Crippen molar-refractivity contribution in [3.63, 3.8) is 0 Å². The normalized spacial score (nSPS) is 10.4. The monoisotopic (exact) mass is 411 g/mol. The number of rotatable bonds is 8. The first-order chi connectivity index (χ1) is 14.1. The van der Waals surface area contributed by atoms with E-state index < -0.39 is 0 Å². The van der Waals surface area contributed by atoms with Gasteiger partial charge < -0.3 is 19.9 Å². The molecule has 0 saturated heterocycles. The lowest BCUT2D eigenvalue weighted by molar-refractivity contribution is -0.113. The van der Waals surface area contributed by atoms with Crippen LogP contribution in [-0.2, 0) is 11.3 Å². The van der Waals surface area contributed by atoms with Crippen LogP contribution in [0.3, 0.4) is 0 Å². The summed E-state index contributed by atoms with van der Waals surface area (Å²) in [5.74, 6) is 0.379. The Morgan fingerprint density at radius 3 is 2.59 bits per heavy atom. The molecule has 9 heteroatoms. The molecule has 2 N–H and O–H groups in total. The van der Waals surface area contributed by atoms with Gasteiger partial charge in [-0.25, -0.2) is 0 Å². The Bertz CT molecular complexity index is 988. The van der Waals surface area contributed by atoms with Gasteiger partial charge in [-0.15, -0.1) is 10.2 Å². The van der Waals surface area contributed by atoms with Gasteiger partial charge in [0.25, 0.3) is 5.91 Å². The maximum atomic E-state index is 12.4. The van der Waals surface area contributed by atoms with E-state index in [4.69, 9.17) is 4.74 Å². The molecule has 2 amide bonds. The third-order valence-electron chi connectivity index (χ3n) is 4.04. The predicted octanol–water partition coefficient (Wildman–Crippen LogP) is 3.29. The Labute approximate surface area is 172 Å². The molecule has 0 aliphatic heterocycles. The fourth-order valence-corrected chi connectivity index (χ4v) is 3.33. The van der Waals surface area contributed by atoms with Crippen LogP contribution < -0.4 is 15.4 Å². The molecular formula is C20H21N5O3S. The van der Waals surface area contributed by atoms with Crippen LogP contribution >= 0.6 is 11.8 Å². The van der Waals surface area contributed by atoms with Gasteiger partial charge >= 0.3 is 0 Å². The van der Waals surface area contributed by atoms with E-state index in [1.165, 1.54) is 11.8 Å². The number of benzene rings is 2. The SMILES string of the molecule is CCn1cnnc1SCC(=O)Nc1ccc(C(=O)Nc2ccccc2OC)cc1. The van der Waals surface area contributed by atoms with Gasteiger partial charge in [-0.05, 0) is 43.3 Å². The lowest BCUT2D eigenvalue weighted by Crippen LogP contribution is -2.15. The lowest BCUT2D eigenvalue weighted by Gasteiger charge is -2.10. The highest BCUT2D eigenvalue weighted by Crippen LogP contribution is 2.24. The first kappa shape index (κ1) is 20.4. The van der Waals surface area contributed by atoms with Crippen LogP contribution in [0.25, 0.3) is 0 Å². The molecule has 2 aromatic carbocycles. The zero-order chi connectivity index (χ0) is 20.6. The van der Waals surface area contributed by atoms with Crippen molar-refractivity contribution in [1.82, 2.24) is 14.8 Å². The second-order valence-corrected chi connectivity index (χ2v) is 6.91. The molecule has 0 saturated carbocycles. The van der Waals surface area contributed by atoms with E-state index in [2.05, 4.69) is 20.8 Å². The van der Waals surface area contributed by atoms with Crippen LogP contribution in [0.1, 0.15) is 17.3 Å². The Morgan fingerprint density at radius 2 is 1.86 bits per heavy atom. The minimum absolute atomic E-state index is 0.160. The van der Waals surface area contributed by atoms with Crippen molar-refractivity contribution in [2.45, 2.75) is 18.6 Å².